The highest BCUT2D eigenvalue weighted by molar-refractivity contribution is 7.10. The number of nitrogens with one attached hydrogen (secondary N) is 1. The Morgan fingerprint density at radius 3 is 2.80 bits per heavy atom. The smallest absolute Gasteiger partial charge is 0.336 e. The van der Waals surface area contributed by atoms with Gasteiger partial charge in [0.05, 0.1) is 12.0 Å². The second kappa shape index (κ2) is 4.72. The van der Waals surface area contributed by atoms with Crippen molar-refractivity contribution >= 4 is 23.2 Å². The Bertz CT molecular complexity index is 772. The van der Waals surface area contributed by atoms with E-state index in [1.165, 1.54) is 6.07 Å². The molecule has 1 N–H and O–H groups in total. The SMILES string of the molecule is Cc1sccc1Cc1cc(=O)oc2c1C(=O)NC(=O)C2. The number of hydrogen-bond donors (Lipinski definition) is 1. The largest absolute Gasteiger partial charge is 0.426 e. The number of carbonyl (C=O) groups is 2. The first-order valence-electron chi connectivity index (χ1n) is 6.07. The Labute approximate surface area is 118 Å². The van der Waals surface area contributed by atoms with Gasteiger partial charge in [-0.25, -0.2) is 4.79 Å². The molecule has 0 spiro atoms. The second-order valence-corrected chi connectivity index (χ2v) is 5.74. The van der Waals surface area contributed by atoms with Crippen molar-refractivity contribution in [2.24, 2.45) is 0 Å². The second-order valence-electron chi connectivity index (χ2n) is 4.62. The molecule has 1 aliphatic heterocycles. The fourth-order valence-electron chi connectivity index (χ4n) is 2.31. The van der Waals surface area contributed by atoms with Crippen LogP contribution in [0, 0.1) is 6.92 Å². The van der Waals surface area contributed by atoms with E-state index in [4.69, 9.17) is 4.42 Å². The van der Waals surface area contributed by atoms with Gasteiger partial charge in [0.25, 0.3) is 5.91 Å². The summed E-state index contributed by atoms with van der Waals surface area (Å²) < 4.78 is 5.00. The summed E-state index contributed by atoms with van der Waals surface area (Å²) >= 11 is 1.61. The average molecular weight is 289 g/mol. The van der Waals surface area contributed by atoms with Gasteiger partial charge in [0.1, 0.15) is 5.76 Å². The van der Waals surface area contributed by atoms with E-state index >= 15 is 0 Å². The van der Waals surface area contributed by atoms with E-state index in [0.29, 0.717) is 17.5 Å². The van der Waals surface area contributed by atoms with E-state index in [1.54, 1.807) is 11.3 Å². The van der Waals surface area contributed by atoms with Gasteiger partial charge in [0.15, 0.2) is 0 Å². The van der Waals surface area contributed by atoms with Crippen LogP contribution < -0.4 is 10.9 Å². The van der Waals surface area contributed by atoms with Crippen molar-refractivity contribution < 1.29 is 14.0 Å². The Morgan fingerprint density at radius 1 is 1.30 bits per heavy atom. The van der Waals surface area contributed by atoms with Gasteiger partial charge in [-0.1, -0.05) is 0 Å². The predicted octanol–water partition coefficient (Wildman–Crippen LogP) is 1.41. The van der Waals surface area contributed by atoms with Crippen LogP contribution >= 0.6 is 11.3 Å². The molecule has 0 aliphatic carbocycles. The van der Waals surface area contributed by atoms with Gasteiger partial charge in [0.2, 0.25) is 5.91 Å². The molecule has 2 aromatic heterocycles. The van der Waals surface area contributed by atoms with Crippen LogP contribution in [0.15, 0.2) is 26.7 Å². The summed E-state index contributed by atoms with van der Waals surface area (Å²) in [6, 6.07) is 3.29. The maximum absolute atomic E-state index is 12.0. The molecule has 0 fully saturated rings. The average Bonchev–Trinajstić information content (AvgIpc) is 2.73. The van der Waals surface area contributed by atoms with Crippen molar-refractivity contribution in [1.82, 2.24) is 5.32 Å². The summed E-state index contributed by atoms with van der Waals surface area (Å²) in [4.78, 5) is 36.0. The lowest BCUT2D eigenvalue weighted by atomic mass is 9.97. The molecule has 3 heterocycles. The van der Waals surface area contributed by atoms with Crippen molar-refractivity contribution in [2.45, 2.75) is 19.8 Å². The molecule has 6 heteroatoms. The lowest BCUT2D eigenvalue weighted by Crippen LogP contribution is -2.38. The third-order valence-corrected chi connectivity index (χ3v) is 4.15. The molecule has 0 aromatic carbocycles. The fraction of sp³-hybridized carbons (Fsp3) is 0.214. The highest BCUT2D eigenvalue weighted by atomic mass is 32.1. The zero-order chi connectivity index (χ0) is 14.3. The maximum atomic E-state index is 12.0. The quantitative estimate of drug-likeness (QED) is 0.848. The first kappa shape index (κ1) is 12.8. The molecule has 2 aromatic rings. The number of fused-ring (bicyclic) bond motifs is 1. The molecular weight excluding hydrogens is 278 g/mol. The highest BCUT2D eigenvalue weighted by Gasteiger charge is 2.28. The first-order chi connectivity index (χ1) is 9.54. The highest BCUT2D eigenvalue weighted by Crippen LogP contribution is 2.23. The van der Waals surface area contributed by atoms with Crippen molar-refractivity contribution in [2.75, 3.05) is 0 Å². The summed E-state index contributed by atoms with van der Waals surface area (Å²) in [6.07, 6.45) is 0.400. The number of carbonyl (C=O) groups excluding carboxylic acids is 2. The van der Waals surface area contributed by atoms with E-state index < -0.39 is 17.4 Å². The van der Waals surface area contributed by atoms with Crippen molar-refractivity contribution in [3.8, 4) is 0 Å². The molecule has 0 unspecified atom stereocenters. The fourth-order valence-corrected chi connectivity index (χ4v) is 3.04. The Kier molecular flexibility index (Phi) is 3.02. The molecule has 3 rings (SSSR count). The number of rotatable bonds is 2. The zero-order valence-electron chi connectivity index (χ0n) is 10.7. The minimum atomic E-state index is -0.533. The van der Waals surface area contributed by atoms with Crippen LogP contribution in [0.2, 0.25) is 0 Å². The third kappa shape index (κ3) is 2.18. The summed E-state index contributed by atoms with van der Waals surface area (Å²) in [5.74, 6) is -0.786. The van der Waals surface area contributed by atoms with Crippen molar-refractivity contribution in [3.05, 3.63) is 55.3 Å². The standard InChI is InChI=1S/C14H11NO4S/c1-7-8(2-3-20-7)4-9-5-12(17)19-10-6-11(16)15-14(18)13(9)10/h2-3,5H,4,6H2,1H3,(H,15,16,18). The number of thiophene rings is 1. The van der Waals surface area contributed by atoms with Gasteiger partial charge in [-0.05, 0) is 35.9 Å². The minimum absolute atomic E-state index is 0.0766. The van der Waals surface area contributed by atoms with Gasteiger partial charge in [-0.15, -0.1) is 11.3 Å². The van der Waals surface area contributed by atoms with E-state index in [9.17, 15) is 14.4 Å². The van der Waals surface area contributed by atoms with Gasteiger partial charge < -0.3 is 4.42 Å². The molecule has 5 nitrogen and oxygen atoms in total. The topological polar surface area (TPSA) is 76.4 Å². The summed E-state index contributed by atoms with van der Waals surface area (Å²) in [5.41, 5.74) is 1.44. The van der Waals surface area contributed by atoms with Crippen LogP contribution in [0.1, 0.15) is 32.1 Å². The maximum Gasteiger partial charge on any atom is 0.336 e. The van der Waals surface area contributed by atoms with Crippen LogP contribution in [0.25, 0.3) is 0 Å². The number of amides is 2. The molecule has 1 aliphatic rings. The third-order valence-electron chi connectivity index (χ3n) is 3.26. The van der Waals surface area contributed by atoms with Gasteiger partial charge >= 0.3 is 5.63 Å². The molecule has 0 saturated carbocycles. The Balaban J connectivity index is 2.12. The molecular formula is C14H11NO4S. The monoisotopic (exact) mass is 289 g/mol. The minimum Gasteiger partial charge on any atom is -0.426 e. The lowest BCUT2D eigenvalue weighted by molar-refractivity contribution is -0.120. The van der Waals surface area contributed by atoms with Crippen LogP contribution in [0.4, 0.5) is 0 Å². The van der Waals surface area contributed by atoms with Crippen molar-refractivity contribution in [1.29, 1.82) is 0 Å². The Morgan fingerprint density at radius 2 is 2.10 bits per heavy atom. The summed E-state index contributed by atoms with van der Waals surface area (Å²) in [7, 11) is 0. The molecule has 102 valence electrons. The lowest BCUT2D eigenvalue weighted by Gasteiger charge is -2.16. The van der Waals surface area contributed by atoms with Crippen LogP contribution in [0.5, 0.6) is 0 Å². The van der Waals surface area contributed by atoms with Gasteiger partial charge in [-0.2, -0.15) is 0 Å². The molecule has 0 bridgehead atoms. The number of imide groups is 1. The van der Waals surface area contributed by atoms with E-state index in [0.717, 1.165) is 10.4 Å². The number of aryl methyl sites for hydroxylation is 1. The summed E-state index contributed by atoms with van der Waals surface area (Å²) in [5, 5.41) is 4.22. The van der Waals surface area contributed by atoms with E-state index in [-0.39, 0.29) is 12.2 Å². The number of hydrogen-bond acceptors (Lipinski definition) is 5. The van der Waals surface area contributed by atoms with Gasteiger partial charge in [-0.3, -0.25) is 14.9 Å². The van der Waals surface area contributed by atoms with Gasteiger partial charge in [0, 0.05) is 10.9 Å². The molecule has 2 amide bonds. The Hall–Kier alpha value is -2.21. The van der Waals surface area contributed by atoms with Crippen LogP contribution in [0.3, 0.4) is 0 Å². The molecule has 20 heavy (non-hydrogen) atoms. The van der Waals surface area contributed by atoms with Crippen LogP contribution in [-0.4, -0.2) is 11.8 Å². The van der Waals surface area contributed by atoms with E-state index in [1.807, 2.05) is 18.4 Å². The molecule has 0 atom stereocenters. The van der Waals surface area contributed by atoms with Crippen molar-refractivity contribution in [3.63, 3.8) is 0 Å². The van der Waals surface area contributed by atoms with Crippen LogP contribution in [-0.2, 0) is 17.6 Å². The first-order valence-corrected chi connectivity index (χ1v) is 6.95. The zero-order valence-corrected chi connectivity index (χ0v) is 11.5. The molecule has 0 saturated heterocycles. The normalized spacial score (nSPS) is 14.1. The van der Waals surface area contributed by atoms with E-state index in [2.05, 4.69) is 5.32 Å². The molecule has 0 radical (unpaired) electrons. The predicted molar refractivity (Wildman–Crippen MR) is 73.0 cm³/mol. The summed E-state index contributed by atoms with van der Waals surface area (Å²) in [6.45, 7) is 1.99.